The highest BCUT2D eigenvalue weighted by Gasteiger charge is 2.56. The zero-order chi connectivity index (χ0) is 16.6. The molecule has 0 aromatic heterocycles. The fraction of sp³-hybridized carbons (Fsp3) is 0.556. The highest BCUT2D eigenvalue weighted by atomic mass is 16.2. The van der Waals surface area contributed by atoms with Crippen LogP contribution in [-0.4, -0.2) is 58.4 Å². The number of nitrogens with zero attached hydrogens (tertiary/aromatic N) is 3. The molecule has 0 atom stereocenters. The quantitative estimate of drug-likeness (QED) is 0.804. The molecule has 0 N–H and O–H groups in total. The van der Waals surface area contributed by atoms with Crippen LogP contribution in [0, 0.1) is 0 Å². The molecule has 0 saturated carbocycles. The number of hydrogen-bond acceptors (Lipinski definition) is 3. The van der Waals surface area contributed by atoms with Gasteiger partial charge in [-0.3, -0.25) is 9.69 Å². The molecule has 0 radical (unpaired) electrons. The molecule has 2 aliphatic heterocycles. The van der Waals surface area contributed by atoms with Gasteiger partial charge in [0.1, 0.15) is 5.54 Å². The number of hydrogen-bond donors (Lipinski definition) is 0. The Morgan fingerprint density at radius 2 is 1.70 bits per heavy atom. The van der Waals surface area contributed by atoms with Gasteiger partial charge in [0.15, 0.2) is 0 Å². The Morgan fingerprint density at radius 3 is 2.26 bits per heavy atom. The molecule has 2 saturated heterocycles. The monoisotopic (exact) mass is 315 g/mol. The summed E-state index contributed by atoms with van der Waals surface area (Å²) in [5.41, 5.74) is 0.344. The van der Waals surface area contributed by atoms with Crippen molar-refractivity contribution in [1.82, 2.24) is 14.7 Å². The van der Waals surface area contributed by atoms with Crippen LogP contribution in [0.1, 0.15) is 32.3 Å². The lowest BCUT2D eigenvalue weighted by Crippen LogP contribution is -2.56. The van der Waals surface area contributed by atoms with Crippen molar-refractivity contribution in [2.75, 3.05) is 20.1 Å². The third-order valence-corrected chi connectivity index (χ3v) is 5.34. The molecule has 0 bridgehead atoms. The van der Waals surface area contributed by atoms with Crippen LogP contribution in [-0.2, 0) is 11.3 Å². The lowest BCUT2D eigenvalue weighted by atomic mass is 9.85. The molecular formula is C18H25N3O2. The van der Waals surface area contributed by atoms with Gasteiger partial charge in [-0.25, -0.2) is 4.79 Å². The van der Waals surface area contributed by atoms with Gasteiger partial charge < -0.3 is 9.80 Å². The Hall–Kier alpha value is -1.88. The number of rotatable bonds is 3. The average molecular weight is 315 g/mol. The Balaban J connectivity index is 1.79. The molecule has 124 valence electrons. The van der Waals surface area contributed by atoms with E-state index in [1.165, 1.54) is 4.90 Å². The van der Waals surface area contributed by atoms with Gasteiger partial charge >= 0.3 is 6.03 Å². The molecule has 0 aliphatic carbocycles. The number of amides is 3. The molecule has 23 heavy (non-hydrogen) atoms. The molecular weight excluding hydrogens is 290 g/mol. The summed E-state index contributed by atoms with van der Waals surface area (Å²) in [5.74, 6) is -0.0303. The van der Waals surface area contributed by atoms with Crippen molar-refractivity contribution in [2.24, 2.45) is 0 Å². The summed E-state index contributed by atoms with van der Waals surface area (Å²) in [6.07, 6.45) is 1.44. The minimum atomic E-state index is -0.642. The van der Waals surface area contributed by atoms with Gasteiger partial charge in [0.25, 0.3) is 5.91 Å². The number of carbonyl (C=O) groups is 2. The minimum absolute atomic E-state index is 0.0303. The van der Waals surface area contributed by atoms with E-state index in [0.29, 0.717) is 12.6 Å². The largest absolute Gasteiger partial charge is 0.327 e. The van der Waals surface area contributed by atoms with Crippen molar-refractivity contribution in [1.29, 1.82) is 0 Å². The highest BCUT2D eigenvalue weighted by Crippen LogP contribution is 2.37. The molecule has 0 unspecified atom stereocenters. The van der Waals surface area contributed by atoms with Crippen LogP contribution in [0.15, 0.2) is 30.3 Å². The van der Waals surface area contributed by atoms with Gasteiger partial charge in [0, 0.05) is 26.2 Å². The van der Waals surface area contributed by atoms with Crippen LogP contribution in [0.2, 0.25) is 0 Å². The van der Waals surface area contributed by atoms with Crippen molar-refractivity contribution in [3.63, 3.8) is 0 Å². The molecule has 3 amide bonds. The predicted octanol–water partition coefficient (Wildman–Crippen LogP) is 2.32. The van der Waals surface area contributed by atoms with Gasteiger partial charge in [0.05, 0.1) is 6.54 Å². The zero-order valence-corrected chi connectivity index (χ0v) is 14.2. The summed E-state index contributed by atoms with van der Waals surface area (Å²) < 4.78 is 0. The second-order valence-electron chi connectivity index (χ2n) is 6.88. The van der Waals surface area contributed by atoms with Gasteiger partial charge in [-0.05, 0) is 32.3 Å². The molecule has 1 aromatic carbocycles. The molecule has 2 fully saturated rings. The Labute approximate surface area is 137 Å². The highest BCUT2D eigenvalue weighted by molar-refractivity contribution is 6.06. The van der Waals surface area contributed by atoms with E-state index >= 15 is 0 Å². The van der Waals surface area contributed by atoms with Gasteiger partial charge in [0.2, 0.25) is 0 Å². The number of urea groups is 1. The van der Waals surface area contributed by atoms with Crippen LogP contribution in [0.4, 0.5) is 4.79 Å². The van der Waals surface area contributed by atoms with Crippen molar-refractivity contribution < 1.29 is 9.59 Å². The Kier molecular flexibility index (Phi) is 4.15. The lowest BCUT2D eigenvalue weighted by molar-refractivity contribution is -0.135. The van der Waals surface area contributed by atoms with Crippen LogP contribution in [0.25, 0.3) is 0 Å². The number of piperidine rings is 1. The lowest BCUT2D eigenvalue weighted by Gasteiger charge is -2.42. The minimum Gasteiger partial charge on any atom is -0.312 e. The Morgan fingerprint density at radius 1 is 1.09 bits per heavy atom. The van der Waals surface area contributed by atoms with Crippen molar-refractivity contribution >= 4 is 11.9 Å². The zero-order valence-electron chi connectivity index (χ0n) is 14.2. The molecule has 1 spiro atoms. The summed E-state index contributed by atoms with van der Waals surface area (Å²) in [5, 5.41) is 0. The van der Waals surface area contributed by atoms with Crippen molar-refractivity contribution in [3.05, 3.63) is 35.9 Å². The van der Waals surface area contributed by atoms with E-state index in [0.717, 1.165) is 31.5 Å². The molecule has 2 heterocycles. The van der Waals surface area contributed by atoms with Crippen LogP contribution in [0.3, 0.4) is 0 Å². The number of imide groups is 1. The maximum atomic E-state index is 13.0. The van der Waals surface area contributed by atoms with Crippen LogP contribution < -0.4 is 0 Å². The van der Waals surface area contributed by atoms with E-state index in [1.54, 1.807) is 11.9 Å². The number of likely N-dealkylation sites (N-methyl/N-ethyl adjacent to an activating group) is 1. The predicted molar refractivity (Wildman–Crippen MR) is 88.8 cm³/mol. The van der Waals surface area contributed by atoms with Crippen molar-refractivity contribution in [3.8, 4) is 0 Å². The Bertz CT molecular complexity index is 592. The van der Waals surface area contributed by atoms with E-state index < -0.39 is 5.54 Å². The first-order chi connectivity index (χ1) is 11.0. The summed E-state index contributed by atoms with van der Waals surface area (Å²) in [4.78, 5) is 31.1. The summed E-state index contributed by atoms with van der Waals surface area (Å²) in [6.45, 7) is 6.43. The third kappa shape index (κ3) is 2.63. The normalized spacial score (nSPS) is 21.7. The first kappa shape index (κ1) is 16.0. The first-order valence-electron chi connectivity index (χ1n) is 8.33. The number of likely N-dealkylation sites (tertiary alicyclic amines) is 1. The molecule has 1 aromatic rings. The van der Waals surface area contributed by atoms with E-state index in [2.05, 4.69) is 18.7 Å². The maximum absolute atomic E-state index is 13.0. The molecule has 5 nitrogen and oxygen atoms in total. The molecule has 2 aliphatic rings. The second kappa shape index (κ2) is 5.96. The smallest absolute Gasteiger partial charge is 0.312 e. The fourth-order valence-electron chi connectivity index (χ4n) is 3.71. The first-order valence-corrected chi connectivity index (χ1v) is 8.33. The summed E-state index contributed by atoms with van der Waals surface area (Å²) in [7, 11) is 1.77. The van der Waals surface area contributed by atoms with Crippen LogP contribution >= 0.6 is 0 Å². The van der Waals surface area contributed by atoms with E-state index in [1.807, 2.05) is 30.3 Å². The SMILES string of the molecule is CC(C)N1CCC2(CC1)C(=O)N(Cc1ccccc1)C(=O)N2C. The topological polar surface area (TPSA) is 43.9 Å². The number of benzene rings is 1. The third-order valence-electron chi connectivity index (χ3n) is 5.34. The van der Waals surface area contributed by atoms with Gasteiger partial charge in [-0.2, -0.15) is 0 Å². The number of carbonyl (C=O) groups excluding carboxylic acids is 2. The van der Waals surface area contributed by atoms with E-state index in [9.17, 15) is 9.59 Å². The van der Waals surface area contributed by atoms with E-state index in [-0.39, 0.29) is 11.9 Å². The maximum Gasteiger partial charge on any atom is 0.327 e. The second-order valence-corrected chi connectivity index (χ2v) is 6.88. The van der Waals surface area contributed by atoms with E-state index in [4.69, 9.17) is 0 Å². The standard InChI is InChI=1S/C18H25N3O2/c1-14(2)20-11-9-18(10-12-20)16(22)21(17(23)19(18)3)13-15-7-5-4-6-8-15/h4-8,14H,9-13H2,1-3H3. The van der Waals surface area contributed by atoms with Gasteiger partial charge in [-0.1, -0.05) is 30.3 Å². The molecule has 5 heteroatoms. The fourth-order valence-corrected chi connectivity index (χ4v) is 3.71. The molecule has 3 rings (SSSR count). The van der Waals surface area contributed by atoms with Crippen LogP contribution in [0.5, 0.6) is 0 Å². The van der Waals surface area contributed by atoms with Crippen molar-refractivity contribution in [2.45, 2.75) is 44.8 Å². The summed E-state index contributed by atoms with van der Waals surface area (Å²) in [6, 6.07) is 10.0. The summed E-state index contributed by atoms with van der Waals surface area (Å²) >= 11 is 0. The van der Waals surface area contributed by atoms with Gasteiger partial charge in [-0.15, -0.1) is 0 Å². The average Bonchev–Trinajstić information content (AvgIpc) is 2.73.